The van der Waals surface area contributed by atoms with Crippen molar-refractivity contribution in [1.29, 1.82) is 0 Å². The molecular formula is C7H4ClIN2. The Morgan fingerprint density at radius 3 is 2.73 bits per heavy atom. The molecule has 2 N–H and O–H groups in total. The van der Waals surface area contributed by atoms with Crippen LogP contribution in [0.15, 0.2) is 12.1 Å². The second kappa shape index (κ2) is 3.28. The van der Waals surface area contributed by atoms with E-state index >= 15 is 0 Å². The summed E-state index contributed by atoms with van der Waals surface area (Å²) in [6.45, 7) is 6.75. The summed E-state index contributed by atoms with van der Waals surface area (Å²) in [7, 11) is 0. The van der Waals surface area contributed by atoms with Gasteiger partial charge < -0.3 is 5.73 Å². The van der Waals surface area contributed by atoms with Gasteiger partial charge in [-0.3, -0.25) is 0 Å². The van der Waals surface area contributed by atoms with Gasteiger partial charge in [-0.1, -0.05) is 11.6 Å². The minimum atomic E-state index is 0.415. The van der Waals surface area contributed by atoms with Gasteiger partial charge in [0.2, 0.25) is 5.69 Å². The number of rotatable bonds is 0. The standard InChI is InChI=1S/C7H4ClIN2/c1-11-7-3-5(9)6(10)2-4(7)8/h2-3H,10H2. The van der Waals surface area contributed by atoms with Crippen molar-refractivity contribution in [3.63, 3.8) is 0 Å². The van der Waals surface area contributed by atoms with E-state index in [9.17, 15) is 0 Å². The molecule has 1 aromatic carbocycles. The van der Waals surface area contributed by atoms with Crippen molar-refractivity contribution in [2.24, 2.45) is 0 Å². The molecule has 2 nitrogen and oxygen atoms in total. The number of hydrogen-bond donors (Lipinski definition) is 1. The van der Waals surface area contributed by atoms with Gasteiger partial charge in [0.05, 0.1) is 6.57 Å². The third-order valence-electron chi connectivity index (χ3n) is 1.19. The van der Waals surface area contributed by atoms with Gasteiger partial charge >= 0.3 is 0 Å². The van der Waals surface area contributed by atoms with Gasteiger partial charge in [-0.2, -0.15) is 0 Å². The Kier molecular flexibility index (Phi) is 2.58. The Labute approximate surface area is 83.3 Å². The van der Waals surface area contributed by atoms with E-state index in [1.54, 1.807) is 12.1 Å². The molecule has 11 heavy (non-hydrogen) atoms. The Morgan fingerprint density at radius 2 is 2.18 bits per heavy atom. The zero-order valence-corrected chi connectivity index (χ0v) is 8.35. The summed E-state index contributed by atoms with van der Waals surface area (Å²) >= 11 is 7.77. The van der Waals surface area contributed by atoms with E-state index in [0.717, 1.165) is 3.57 Å². The van der Waals surface area contributed by atoms with Gasteiger partial charge in [-0.25, -0.2) is 4.85 Å². The van der Waals surface area contributed by atoms with Crippen LogP contribution in [0, 0.1) is 10.1 Å². The second-order valence-corrected chi connectivity index (χ2v) is 3.51. The Balaban J connectivity index is 3.35. The van der Waals surface area contributed by atoms with E-state index in [0.29, 0.717) is 16.4 Å². The van der Waals surface area contributed by atoms with Crippen LogP contribution in [0.3, 0.4) is 0 Å². The van der Waals surface area contributed by atoms with Crippen LogP contribution in [0.5, 0.6) is 0 Å². The number of hydrogen-bond acceptors (Lipinski definition) is 1. The molecule has 1 aromatic rings. The van der Waals surface area contributed by atoms with Gasteiger partial charge in [-0.05, 0) is 34.7 Å². The molecule has 0 aliphatic heterocycles. The maximum Gasteiger partial charge on any atom is 0.206 e. The molecule has 0 amide bonds. The van der Waals surface area contributed by atoms with Crippen molar-refractivity contribution in [2.75, 3.05) is 5.73 Å². The molecule has 0 fully saturated rings. The SMILES string of the molecule is [C-]#[N+]c1cc(I)c(N)cc1Cl. The summed E-state index contributed by atoms with van der Waals surface area (Å²) in [6.07, 6.45) is 0. The lowest BCUT2D eigenvalue weighted by molar-refractivity contribution is 1.63. The molecule has 1 rings (SSSR count). The van der Waals surface area contributed by atoms with Crippen LogP contribution >= 0.6 is 34.2 Å². The van der Waals surface area contributed by atoms with Crippen LogP contribution in [0.1, 0.15) is 0 Å². The van der Waals surface area contributed by atoms with Crippen LogP contribution in [0.25, 0.3) is 4.85 Å². The molecule has 4 heteroatoms. The summed E-state index contributed by atoms with van der Waals surface area (Å²) in [5.74, 6) is 0. The molecule has 0 saturated carbocycles. The fourth-order valence-corrected chi connectivity index (χ4v) is 1.30. The molecule has 0 radical (unpaired) electrons. The van der Waals surface area contributed by atoms with Gasteiger partial charge in [0.1, 0.15) is 0 Å². The van der Waals surface area contributed by atoms with E-state index < -0.39 is 0 Å². The molecule has 0 aliphatic rings. The lowest BCUT2D eigenvalue weighted by Gasteiger charge is -1.99. The van der Waals surface area contributed by atoms with Crippen LogP contribution in [0.4, 0.5) is 11.4 Å². The Morgan fingerprint density at radius 1 is 1.55 bits per heavy atom. The first kappa shape index (κ1) is 8.62. The summed E-state index contributed by atoms with van der Waals surface area (Å²) in [5.41, 5.74) is 6.61. The van der Waals surface area contributed by atoms with E-state index in [1.807, 2.05) is 0 Å². The first-order valence-electron chi connectivity index (χ1n) is 2.77. The van der Waals surface area contributed by atoms with Crippen molar-refractivity contribution in [3.05, 3.63) is 32.1 Å². The fraction of sp³-hybridized carbons (Fsp3) is 0. The summed E-state index contributed by atoms with van der Waals surface area (Å²) in [4.78, 5) is 3.23. The Bertz CT molecular complexity index is 330. The van der Waals surface area contributed by atoms with E-state index in [-0.39, 0.29) is 0 Å². The predicted octanol–water partition coefficient (Wildman–Crippen LogP) is 3.08. The number of halogens is 2. The molecule has 56 valence electrons. The maximum absolute atomic E-state index is 6.75. The molecule has 0 saturated heterocycles. The quantitative estimate of drug-likeness (QED) is 0.441. The van der Waals surface area contributed by atoms with Crippen LogP contribution in [-0.2, 0) is 0 Å². The zero-order chi connectivity index (χ0) is 8.43. The highest BCUT2D eigenvalue weighted by atomic mass is 127. The van der Waals surface area contributed by atoms with E-state index in [2.05, 4.69) is 27.4 Å². The smallest absolute Gasteiger partial charge is 0.206 e. The first-order chi connectivity index (χ1) is 5.15. The molecule has 0 bridgehead atoms. The van der Waals surface area contributed by atoms with Gasteiger partial charge in [-0.15, -0.1) is 0 Å². The number of anilines is 1. The molecule has 0 spiro atoms. The summed E-state index contributed by atoms with van der Waals surface area (Å²) in [5, 5.41) is 0.415. The van der Waals surface area contributed by atoms with Crippen LogP contribution in [-0.4, -0.2) is 0 Å². The zero-order valence-electron chi connectivity index (χ0n) is 5.44. The normalized spacial score (nSPS) is 9.18. The van der Waals surface area contributed by atoms with Gasteiger partial charge in [0, 0.05) is 14.3 Å². The first-order valence-corrected chi connectivity index (χ1v) is 4.23. The van der Waals surface area contributed by atoms with E-state index in [1.165, 1.54) is 0 Å². The van der Waals surface area contributed by atoms with Crippen LogP contribution < -0.4 is 5.73 Å². The van der Waals surface area contributed by atoms with Crippen molar-refractivity contribution in [1.82, 2.24) is 0 Å². The predicted molar refractivity (Wildman–Crippen MR) is 54.8 cm³/mol. The van der Waals surface area contributed by atoms with Crippen molar-refractivity contribution in [3.8, 4) is 0 Å². The lowest BCUT2D eigenvalue weighted by Crippen LogP contribution is -1.87. The van der Waals surface area contributed by atoms with Crippen molar-refractivity contribution >= 4 is 45.6 Å². The lowest BCUT2D eigenvalue weighted by atomic mass is 10.3. The highest BCUT2D eigenvalue weighted by Crippen LogP contribution is 2.30. The molecule has 0 atom stereocenters. The topological polar surface area (TPSA) is 30.4 Å². The second-order valence-electron chi connectivity index (χ2n) is 1.94. The van der Waals surface area contributed by atoms with Crippen molar-refractivity contribution in [2.45, 2.75) is 0 Å². The third kappa shape index (κ3) is 1.76. The minimum Gasteiger partial charge on any atom is -0.398 e. The molecule has 0 aliphatic carbocycles. The highest BCUT2D eigenvalue weighted by molar-refractivity contribution is 14.1. The summed E-state index contributed by atoms with van der Waals surface area (Å²) < 4.78 is 0.859. The molecule has 0 unspecified atom stereocenters. The van der Waals surface area contributed by atoms with Gasteiger partial charge in [0.15, 0.2) is 0 Å². The monoisotopic (exact) mass is 278 g/mol. The average molecular weight is 278 g/mol. The molecule has 0 aromatic heterocycles. The van der Waals surface area contributed by atoms with Crippen molar-refractivity contribution < 1.29 is 0 Å². The highest BCUT2D eigenvalue weighted by Gasteiger charge is 2.02. The van der Waals surface area contributed by atoms with E-state index in [4.69, 9.17) is 23.9 Å². The fourth-order valence-electron chi connectivity index (χ4n) is 0.637. The summed E-state index contributed by atoms with van der Waals surface area (Å²) in [6, 6.07) is 3.27. The Hall–Kier alpha value is -0.470. The number of benzene rings is 1. The number of nitrogens with two attached hydrogens (primary N) is 1. The molecule has 0 heterocycles. The number of nitrogens with zero attached hydrogens (tertiary/aromatic N) is 1. The number of nitrogen functional groups attached to an aromatic ring is 1. The molecular weight excluding hydrogens is 274 g/mol. The third-order valence-corrected chi connectivity index (χ3v) is 2.42. The minimum absolute atomic E-state index is 0.415. The average Bonchev–Trinajstić information content (AvgIpc) is 1.97. The van der Waals surface area contributed by atoms with Crippen LogP contribution in [0.2, 0.25) is 5.02 Å². The maximum atomic E-state index is 6.75. The largest absolute Gasteiger partial charge is 0.398 e. The van der Waals surface area contributed by atoms with Gasteiger partial charge in [0.25, 0.3) is 0 Å².